The van der Waals surface area contributed by atoms with Gasteiger partial charge in [0, 0.05) is 43.4 Å². The van der Waals surface area contributed by atoms with Gasteiger partial charge in [-0.15, -0.1) is 0 Å². The zero-order chi connectivity index (χ0) is 23.2. The van der Waals surface area contributed by atoms with Crippen molar-refractivity contribution in [1.82, 2.24) is 18.7 Å². The summed E-state index contributed by atoms with van der Waals surface area (Å²) in [7, 11) is -5.47. The summed E-state index contributed by atoms with van der Waals surface area (Å²) >= 11 is 0. The Balaban J connectivity index is 1.48. The Labute approximate surface area is 189 Å². The topological polar surface area (TPSA) is 73.7 Å². The van der Waals surface area contributed by atoms with Gasteiger partial charge >= 0.3 is 15.5 Å². The number of benzene rings is 1. The fourth-order valence-electron chi connectivity index (χ4n) is 5.99. The molecule has 1 atom stereocenters. The maximum atomic E-state index is 13.6. The van der Waals surface area contributed by atoms with E-state index in [1.807, 2.05) is 41.9 Å². The van der Waals surface area contributed by atoms with E-state index in [4.69, 9.17) is 0 Å². The number of nitrogens with zero attached hydrogens (tertiary/aromatic N) is 4. The lowest BCUT2D eigenvalue weighted by Gasteiger charge is -2.67. The Kier molecular flexibility index (Phi) is 4.30. The van der Waals surface area contributed by atoms with Crippen LogP contribution in [0.15, 0.2) is 36.8 Å². The maximum absolute atomic E-state index is 13.6. The number of imidazole rings is 2. The van der Waals surface area contributed by atoms with Crippen molar-refractivity contribution >= 4 is 21.5 Å². The molecule has 176 valence electrons. The molecule has 3 heterocycles. The van der Waals surface area contributed by atoms with Crippen LogP contribution in [0, 0.1) is 18.3 Å². The van der Waals surface area contributed by atoms with Crippen molar-refractivity contribution in [3.05, 3.63) is 53.6 Å². The van der Waals surface area contributed by atoms with E-state index < -0.39 is 15.5 Å². The molecule has 0 saturated heterocycles. The van der Waals surface area contributed by atoms with Crippen molar-refractivity contribution in [2.24, 2.45) is 11.3 Å². The number of alkyl halides is 3. The molecule has 0 spiro atoms. The minimum atomic E-state index is -5.47. The van der Waals surface area contributed by atoms with E-state index in [9.17, 15) is 21.6 Å². The summed E-state index contributed by atoms with van der Waals surface area (Å²) in [5.41, 5.74) is -2.41. The quantitative estimate of drug-likeness (QED) is 0.618. The van der Waals surface area contributed by atoms with Crippen molar-refractivity contribution in [2.75, 3.05) is 11.4 Å². The maximum Gasteiger partial charge on any atom is 0.511 e. The highest BCUT2D eigenvalue weighted by molar-refractivity contribution is 7.89. The summed E-state index contributed by atoms with van der Waals surface area (Å²) in [6, 6.07) is 5.26. The Hall–Kier alpha value is -2.53. The van der Waals surface area contributed by atoms with Crippen molar-refractivity contribution in [3.63, 3.8) is 0 Å². The van der Waals surface area contributed by atoms with Crippen LogP contribution in [-0.4, -0.2) is 45.2 Å². The molecule has 4 aliphatic rings. The SMILES string of the molecule is Cc1cccc2c1CN(S(=O)(=O)C(F)(F)F)CC(C13CC(C1)C3)N2Cc1cn2ccnc2[nH]1. The number of nitrogens with one attached hydrogen (secondary N) is 1. The normalized spacial score (nSPS) is 27.7. The van der Waals surface area contributed by atoms with Gasteiger partial charge in [-0.05, 0) is 54.7 Å². The number of hydrogen-bond donors (Lipinski definition) is 1. The zero-order valence-corrected chi connectivity index (χ0v) is 18.8. The smallest absolute Gasteiger partial charge is 0.361 e. The first-order valence-electron chi connectivity index (χ1n) is 11.0. The van der Waals surface area contributed by atoms with Gasteiger partial charge < -0.3 is 9.88 Å². The Morgan fingerprint density at radius 1 is 1.24 bits per heavy atom. The third kappa shape index (κ3) is 3.04. The highest BCUT2D eigenvalue weighted by Gasteiger charge is 2.63. The van der Waals surface area contributed by atoms with Gasteiger partial charge in [0.1, 0.15) is 0 Å². The molecule has 0 radical (unpaired) electrons. The van der Waals surface area contributed by atoms with Crippen molar-refractivity contribution in [3.8, 4) is 0 Å². The van der Waals surface area contributed by atoms with Crippen molar-refractivity contribution in [2.45, 2.75) is 50.8 Å². The standard InChI is InChI=1S/C22H24F3N5O2S/c1-14-3-2-4-18-17(14)12-29(33(31,32)22(23,24)25)13-19(21-7-15(8-21)9-21)30(18)11-16-10-28-6-5-26-20(28)27-16/h2-6,10,15,19H,7-9,11-13H2,1H3,(H,26,27). The third-order valence-corrected chi connectivity index (χ3v) is 9.33. The molecule has 3 aliphatic carbocycles. The molecular formula is C22H24F3N5O2S. The summed E-state index contributed by atoms with van der Waals surface area (Å²) in [6.07, 6.45) is 8.23. The highest BCUT2D eigenvalue weighted by Crippen LogP contribution is 2.67. The molecule has 1 unspecified atom stereocenters. The van der Waals surface area contributed by atoms with Crippen LogP contribution in [0.3, 0.4) is 0 Å². The van der Waals surface area contributed by atoms with Gasteiger partial charge in [0.05, 0.1) is 12.2 Å². The number of fused-ring (bicyclic) bond motifs is 2. The molecule has 3 fully saturated rings. The van der Waals surface area contributed by atoms with Crippen LogP contribution < -0.4 is 4.90 Å². The second-order valence-corrected chi connectivity index (χ2v) is 11.7. The summed E-state index contributed by atoms with van der Waals surface area (Å²) in [5, 5.41) is 0. The number of hydrogen-bond acceptors (Lipinski definition) is 4. The molecule has 7 nitrogen and oxygen atoms in total. The summed E-state index contributed by atoms with van der Waals surface area (Å²) < 4.78 is 68.6. The Morgan fingerprint density at radius 2 is 2.00 bits per heavy atom. The number of halogens is 3. The van der Waals surface area contributed by atoms with Gasteiger partial charge in [-0.2, -0.15) is 17.5 Å². The number of H-pyrrole nitrogens is 1. The van der Waals surface area contributed by atoms with E-state index in [1.165, 1.54) is 0 Å². The third-order valence-electron chi connectivity index (χ3n) is 7.78. The minimum absolute atomic E-state index is 0.151. The Bertz CT molecular complexity index is 1300. The second kappa shape index (κ2) is 6.75. The predicted octanol–water partition coefficient (Wildman–Crippen LogP) is 3.81. The van der Waals surface area contributed by atoms with Gasteiger partial charge in [-0.3, -0.25) is 4.40 Å². The number of aryl methyl sites for hydroxylation is 1. The number of sulfonamides is 1. The lowest BCUT2D eigenvalue weighted by Crippen LogP contribution is -2.66. The van der Waals surface area contributed by atoms with Gasteiger partial charge in [-0.25, -0.2) is 13.4 Å². The zero-order valence-electron chi connectivity index (χ0n) is 18.0. The minimum Gasteiger partial charge on any atom is -0.361 e. The number of rotatable bonds is 4. The van der Waals surface area contributed by atoms with Gasteiger partial charge in [0.25, 0.3) is 0 Å². The number of anilines is 1. The van der Waals surface area contributed by atoms with Crippen molar-refractivity contribution < 1.29 is 21.6 Å². The van der Waals surface area contributed by atoms with Crippen LogP contribution in [0.25, 0.3) is 5.78 Å². The average Bonchev–Trinajstić information content (AvgIpc) is 3.19. The molecular weight excluding hydrogens is 455 g/mol. The first-order valence-corrected chi connectivity index (χ1v) is 12.4. The molecule has 1 aliphatic heterocycles. The molecule has 1 aromatic carbocycles. The Morgan fingerprint density at radius 3 is 2.64 bits per heavy atom. The van der Waals surface area contributed by atoms with Crippen LogP contribution >= 0.6 is 0 Å². The number of aromatic nitrogens is 3. The van der Waals surface area contributed by atoms with Crippen LogP contribution in [0.2, 0.25) is 0 Å². The van der Waals surface area contributed by atoms with E-state index in [-0.39, 0.29) is 24.5 Å². The van der Waals surface area contributed by atoms with Gasteiger partial charge in [0.15, 0.2) is 0 Å². The fraction of sp³-hybridized carbons (Fsp3) is 0.500. The van der Waals surface area contributed by atoms with E-state index in [0.717, 1.165) is 36.2 Å². The summed E-state index contributed by atoms with van der Waals surface area (Å²) in [5.74, 6) is 1.29. The summed E-state index contributed by atoms with van der Waals surface area (Å²) in [6.45, 7) is 1.78. The lowest BCUT2D eigenvalue weighted by molar-refractivity contribution is -0.129. The molecule has 11 heteroatoms. The molecule has 2 aromatic heterocycles. The van der Waals surface area contributed by atoms with Gasteiger partial charge in [-0.1, -0.05) is 12.1 Å². The molecule has 3 aromatic rings. The first-order chi connectivity index (χ1) is 15.6. The van der Waals surface area contributed by atoms with Crippen LogP contribution in [0.4, 0.5) is 18.9 Å². The van der Waals surface area contributed by atoms with E-state index in [0.29, 0.717) is 28.1 Å². The second-order valence-electron chi connectivity index (χ2n) is 9.74. The van der Waals surface area contributed by atoms with E-state index in [1.54, 1.807) is 6.20 Å². The van der Waals surface area contributed by atoms with Crippen LogP contribution in [0.5, 0.6) is 0 Å². The monoisotopic (exact) mass is 479 g/mol. The predicted molar refractivity (Wildman–Crippen MR) is 116 cm³/mol. The highest BCUT2D eigenvalue weighted by atomic mass is 32.2. The summed E-state index contributed by atoms with van der Waals surface area (Å²) in [4.78, 5) is 9.67. The van der Waals surface area contributed by atoms with E-state index >= 15 is 0 Å². The van der Waals surface area contributed by atoms with Crippen LogP contribution in [0.1, 0.15) is 36.1 Å². The van der Waals surface area contributed by atoms with Crippen LogP contribution in [-0.2, 0) is 23.1 Å². The molecule has 0 amide bonds. The van der Waals surface area contributed by atoms with Gasteiger partial charge in [0.2, 0.25) is 5.78 Å². The fourth-order valence-corrected chi connectivity index (χ4v) is 6.92. The molecule has 2 bridgehead atoms. The molecule has 7 rings (SSSR count). The van der Waals surface area contributed by atoms with E-state index in [2.05, 4.69) is 14.9 Å². The number of aromatic amines is 1. The molecule has 33 heavy (non-hydrogen) atoms. The first kappa shape index (κ1) is 21.0. The lowest BCUT2D eigenvalue weighted by atomic mass is 9.41. The van der Waals surface area contributed by atoms with Crippen molar-refractivity contribution in [1.29, 1.82) is 0 Å². The largest absolute Gasteiger partial charge is 0.511 e. The molecule has 1 N–H and O–H groups in total. The average molecular weight is 480 g/mol. The molecule has 3 saturated carbocycles.